The zero-order valence-corrected chi connectivity index (χ0v) is 13.5. The Morgan fingerprint density at radius 1 is 1.26 bits per heavy atom. The number of benzene rings is 1. The minimum atomic E-state index is -0.302. The zero-order valence-electron chi connectivity index (χ0n) is 13.5. The van der Waals surface area contributed by atoms with E-state index in [1.54, 1.807) is 6.92 Å². The van der Waals surface area contributed by atoms with E-state index < -0.39 is 0 Å². The molecule has 1 amide bonds. The number of hydrogen-bond acceptors (Lipinski definition) is 3. The van der Waals surface area contributed by atoms with E-state index >= 15 is 0 Å². The Hall–Kier alpha value is -2.36. The Kier molecular flexibility index (Phi) is 6.15. The summed E-state index contributed by atoms with van der Waals surface area (Å²) in [6.07, 6.45) is 5.09. The lowest BCUT2D eigenvalue weighted by Crippen LogP contribution is -2.38. The SMILES string of the molecule is C=C(C(=O)N1CCC(/C=C/C(=O)OCC)CC1)c1ccccc1. The normalized spacial score (nSPS) is 15.6. The molecule has 0 spiro atoms. The van der Waals surface area contributed by atoms with Gasteiger partial charge in [0.15, 0.2) is 0 Å². The predicted octanol–water partition coefficient (Wildman–Crippen LogP) is 3.06. The molecule has 1 heterocycles. The van der Waals surface area contributed by atoms with Gasteiger partial charge in [0.25, 0.3) is 5.91 Å². The van der Waals surface area contributed by atoms with Crippen LogP contribution in [0, 0.1) is 5.92 Å². The maximum atomic E-state index is 12.5. The lowest BCUT2D eigenvalue weighted by Gasteiger charge is -2.31. The van der Waals surface area contributed by atoms with Crippen molar-refractivity contribution >= 4 is 17.4 Å². The molecule has 1 saturated heterocycles. The number of amides is 1. The fourth-order valence-corrected chi connectivity index (χ4v) is 2.65. The Labute approximate surface area is 137 Å². The van der Waals surface area contributed by atoms with Gasteiger partial charge in [-0.05, 0) is 31.2 Å². The van der Waals surface area contributed by atoms with E-state index in [1.807, 2.05) is 41.3 Å². The van der Waals surface area contributed by atoms with Crippen LogP contribution in [-0.2, 0) is 14.3 Å². The molecule has 1 aliphatic rings. The summed E-state index contributed by atoms with van der Waals surface area (Å²) in [6.45, 7) is 7.47. The molecule has 0 aliphatic carbocycles. The third-order valence-electron chi connectivity index (χ3n) is 4.00. The molecule has 0 unspecified atom stereocenters. The van der Waals surface area contributed by atoms with Crippen molar-refractivity contribution in [3.8, 4) is 0 Å². The molecule has 0 bridgehead atoms. The fourth-order valence-electron chi connectivity index (χ4n) is 2.65. The summed E-state index contributed by atoms with van der Waals surface area (Å²) in [4.78, 5) is 25.6. The second kappa shape index (κ2) is 8.32. The minimum Gasteiger partial charge on any atom is -0.463 e. The Morgan fingerprint density at radius 3 is 2.52 bits per heavy atom. The average Bonchev–Trinajstić information content (AvgIpc) is 2.60. The Bertz CT molecular complexity index is 584. The molecule has 0 N–H and O–H groups in total. The summed E-state index contributed by atoms with van der Waals surface area (Å²) < 4.78 is 4.87. The summed E-state index contributed by atoms with van der Waals surface area (Å²) in [5.74, 6) is 0.000861. The van der Waals surface area contributed by atoms with Gasteiger partial charge in [0.1, 0.15) is 0 Å². The molecular formula is C19H23NO3. The van der Waals surface area contributed by atoms with Crippen LogP contribution >= 0.6 is 0 Å². The number of ether oxygens (including phenoxy) is 1. The smallest absolute Gasteiger partial charge is 0.330 e. The second-order valence-corrected chi connectivity index (χ2v) is 5.59. The number of allylic oxidation sites excluding steroid dienone is 1. The van der Waals surface area contributed by atoms with Crippen LogP contribution in [-0.4, -0.2) is 36.5 Å². The van der Waals surface area contributed by atoms with Crippen LogP contribution in [0.15, 0.2) is 49.1 Å². The van der Waals surface area contributed by atoms with Crippen LogP contribution in [0.4, 0.5) is 0 Å². The number of rotatable bonds is 5. The van der Waals surface area contributed by atoms with Crippen LogP contribution in [0.3, 0.4) is 0 Å². The van der Waals surface area contributed by atoms with E-state index in [2.05, 4.69) is 6.58 Å². The van der Waals surface area contributed by atoms with Gasteiger partial charge in [-0.2, -0.15) is 0 Å². The van der Waals surface area contributed by atoms with Gasteiger partial charge in [-0.25, -0.2) is 4.79 Å². The summed E-state index contributed by atoms with van der Waals surface area (Å²) in [6, 6.07) is 9.52. The highest BCUT2D eigenvalue weighted by Crippen LogP contribution is 2.22. The highest BCUT2D eigenvalue weighted by molar-refractivity contribution is 6.18. The van der Waals surface area contributed by atoms with Crippen LogP contribution in [0.25, 0.3) is 5.57 Å². The van der Waals surface area contributed by atoms with Gasteiger partial charge in [-0.1, -0.05) is 43.0 Å². The lowest BCUT2D eigenvalue weighted by molar-refractivity contribution is -0.137. The van der Waals surface area contributed by atoms with Crippen LogP contribution in [0.1, 0.15) is 25.3 Å². The number of likely N-dealkylation sites (tertiary alicyclic amines) is 1. The van der Waals surface area contributed by atoms with Crippen molar-refractivity contribution in [3.05, 3.63) is 54.6 Å². The first-order chi connectivity index (χ1) is 11.1. The maximum Gasteiger partial charge on any atom is 0.330 e. The predicted molar refractivity (Wildman–Crippen MR) is 90.6 cm³/mol. The Morgan fingerprint density at radius 2 is 1.91 bits per heavy atom. The van der Waals surface area contributed by atoms with E-state index in [0.717, 1.165) is 18.4 Å². The molecule has 0 aromatic heterocycles. The zero-order chi connectivity index (χ0) is 16.7. The summed E-state index contributed by atoms with van der Waals surface area (Å²) >= 11 is 0. The van der Waals surface area contributed by atoms with Crippen molar-refractivity contribution in [1.29, 1.82) is 0 Å². The molecule has 1 aliphatic heterocycles. The first-order valence-corrected chi connectivity index (χ1v) is 8.00. The lowest BCUT2D eigenvalue weighted by atomic mass is 9.95. The van der Waals surface area contributed by atoms with Crippen molar-refractivity contribution in [1.82, 2.24) is 4.90 Å². The molecule has 0 atom stereocenters. The van der Waals surface area contributed by atoms with Gasteiger partial charge in [-0.15, -0.1) is 0 Å². The summed E-state index contributed by atoms with van der Waals surface area (Å²) in [5.41, 5.74) is 1.40. The number of nitrogens with zero attached hydrogens (tertiary/aromatic N) is 1. The molecule has 122 valence electrons. The molecule has 1 aromatic rings. The van der Waals surface area contributed by atoms with Crippen LogP contribution < -0.4 is 0 Å². The molecule has 1 aromatic carbocycles. The fraction of sp³-hybridized carbons (Fsp3) is 0.368. The van der Waals surface area contributed by atoms with Gasteiger partial charge in [0, 0.05) is 24.7 Å². The number of hydrogen-bond donors (Lipinski definition) is 0. The van der Waals surface area contributed by atoms with E-state index in [0.29, 0.717) is 31.2 Å². The molecule has 0 radical (unpaired) electrons. The highest BCUT2D eigenvalue weighted by Gasteiger charge is 2.23. The second-order valence-electron chi connectivity index (χ2n) is 5.59. The van der Waals surface area contributed by atoms with Crippen molar-refractivity contribution in [3.63, 3.8) is 0 Å². The quantitative estimate of drug-likeness (QED) is 0.620. The molecule has 4 nitrogen and oxygen atoms in total. The first kappa shape index (κ1) is 17.0. The summed E-state index contributed by atoms with van der Waals surface area (Å²) in [7, 11) is 0. The van der Waals surface area contributed by atoms with Gasteiger partial charge in [0.2, 0.25) is 0 Å². The van der Waals surface area contributed by atoms with Crippen LogP contribution in [0.5, 0.6) is 0 Å². The van der Waals surface area contributed by atoms with Gasteiger partial charge >= 0.3 is 5.97 Å². The van der Waals surface area contributed by atoms with E-state index in [1.165, 1.54) is 6.08 Å². The van der Waals surface area contributed by atoms with Crippen molar-refractivity contribution in [2.24, 2.45) is 5.92 Å². The standard InChI is InChI=1S/C19H23NO3/c1-3-23-18(21)10-9-16-11-13-20(14-12-16)19(22)15(2)17-7-5-4-6-8-17/h4-10,16H,2-3,11-14H2,1H3/b10-9+. The Balaban J connectivity index is 1.85. The van der Waals surface area contributed by atoms with E-state index in [9.17, 15) is 9.59 Å². The minimum absolute atomic E-state index is 0.0102. The van der Waals surface area contributed by atoms with Crippen molar-refractivity contribution in [2.45, 2.75) is 19.8 Å². The van der Waals surface area contributed by atoms with Gasteiger partial charge in [-0.3, -0.25) is 4.79 Å². The molecule has 4 heteroatoms. The molecule has 0 saturated carbocycles. The molecule has 2 rings (SSSR count). The third kappa shape index (κ3) is 4.81. The largest absolute Gasteiger partial charge is 0.463 e. The van der Waals surface area contributed by atoms with Gasteiger partial charge < -0.3 is 9.64 Å². The monoisotopic (exact) mass is 313 g/mol. The average molecular weight is 313 g/mol. The van der Waals surface area contributed by atoms with Crippen LogP contribution in [0.2, 0.25) is 0 Å². The highest BCUT2D eigenvalue weighted by atomic mass is 16.5. The first-order valence-electron chi connectivity index (χ1n) is 8.00. The molecular weight excluding hydrogens is 290 g/mol. The number of esters is 1. The van der Waals surface area contributed by atoms with Crippen molar-refractivity contribution < 1.29 is 14.3 Å². The number of carbonyl (C=O) groups excluding carboxylic acids is 2. The maximum absolute atomic E-state index is 12.5. The van der Waals surface area contributed by atoms with Crippen molar-refractivity contribution in [2.75, 3.05) is 19.7 Å². The van der Waals surface area contributed by atoms with E-state index in [4.69, 9.17) is 4.74 Å². The topological polar surface area (TPSA) is 46.6 Å². The molecule has 23 heavy (non-hydrogen) atoms. The molecule has 1 fully saturated rings. The van der Waals surface area contributed by atoms with Gasteiger partial charge in [0.05, 0.1) is 6.61 Å². The number of carbonyl (C=O) groups is 2. The number of piperidine rings is 1. The summed E-state index contributed by atoms with van der Waals surface area (Å²) in [5, 5.41) is 0. The van der Waals surface area contributed by atoms with E-state index in [-0.39, 0.29) is 11.9 Å². The third-order valence-corrected chi connectivity index (χ3v) is 4.00.